The van der Waals surface area contributed by atoms with Gasteiger partial charge in [0.25, 0.3) is 0 Å². The quantitative estimate of drug-likeness (QED) is 0.876. The highest BCUT2D eigenvalue weighted by Crippen LogP contribution is 2.42. The van der Waals surface area contributed by atoms with E-state index < -0.39 is 5.60 Å². The van der Waals surface area contributed by atoms with Crippen molar-refractivity contribution in [1.29, 1.82) is 0 Å². The number of likely N-dealkylation sites (tertiary alicyclic amines) is 1. The zero-order chi connectivity index (χ0) is 16.4. The van der Waals surface area contributed by atoms with Gasteiger partial charge in [-0.05, 0) is 63.8 Å². The van der Waals surface area contributed by atoms with Gasteiger partial charge in [-0.1, -0.05) is 6.07 Å². The maximum Gasteiger partial charge on any atom is 0.410 e. The van der Waals surface area contributed by atoms with Crippen LogP contribution in [0.1, 0.15) is 57.4 Å². The molecule has 1 aromatic heterocycles. The minimum Gasteiger partial charge on any atom is -0.444 e. The number of ether oxygens (including phenoxy) is 1. The molecule has 23 heavy (non-hydrogen) atoms. The van der Waals surface area contributed by atoms with Gasteiger partial charge < -0.3 is 15.0 Å². The first kappa shape index (κ1) is 16.8. The van der Waals surface area contributed by atoms with Gasteiger partial charge in [-0.15, -0.1) is 11.3 Å². The number of rotatable bonds is 5. The van der Waals surface area contributed by atoms with E-state index in [0.29, 0.717) is 6.04 Å². The molecule has 1 aliphatic carbocycles. The molecule has 2 heterocycles. The second-order valence-corrected chi connectivity index (χ2v) is 8.69. The molecule has 2 aliphatic rings. The van der Waals surface area contributed by atoms with Crippen molar-refractivity contribution in [2.45, 2.75) is 64.1 Å². The van der Waals surface area contributed by atoms with E-state index in [1.165, 1.54) is 17.7 Å². The summed E-state index contributed by atoms with van der Waals surface area (Å²) in [7, 11) is 0. The highest BCUT2D eigenvalue weighted by Gasteiger charge is 2.36. The third kappa shape index (κ3) is 4.48. The molecule has 3 rings (SSSR count). The standard InChI is InChI=1S/C18H28N2O2S/c1-18(2,3)22-17(21)20-10-4-6-14(20)12-19-16(13-8-9-13)15-7-5-11-23-15/h5,7,11,13-14,16,19H,4,6,8-10,12H2,1-3H3. The van der Waals surface area contributed by atoms with E-state index in [1.807, 2.05) is 37.0 Å². The van der Waals surface area contributed by atoms with Crippen molar-refractivity contribution in [3.05, 3.63) is 22.4 Å². The Hall–Kier alpha value is -1.07. The van der Waals surface area contributed by atoms with Crippen molar-refractivity contribution in [1.82, 2.24) is 10.2 Å². The fourth-order valence-corrected chi connectivity index (χ4v) is 4.16. The Morgan fingerprint density at radius 3 is 2.83 bits per heavy atom. The summed E-state index contributed by atoms with van der Waals surface area (Å²) in [5.74, 6) is 0.769. The lowest BCUT2D eigenvalue weighted by Gasteiger charge is -2.30. The van der Waals surface area contributed by atoms with Crippen molar-refractivity contribution >= 4 is 17.4 Å². The second-order valence-electron chi connectivity index (χ2n) is 7.71. The zero-order valence-corrected chi connectivity index (χ0v) is 15.2. The zero-order valence-electron chi connectivity index (χ0n) is 14.4. The second kappa shape index (κ2) is 6.81. The summed E-state index contributed by atoms with van der Waals surface area (Å²) in [5, 5.41) is 5.88. The normalized spacial score (nSPS) is 23.1. The molecule has 0 radical (unpaired) electrons. The molecular formula is C18H28N2O2S. The average Bonchev–Trinajstić information content (AvgIpc) is 2.98. The molecule has 1 aromatic rings. The maximum atomic E-state index is 12.4. The molecule has 2 fully saturated rings. The summed E-state index contributed by atoms with van der Waals surface area (Å²) in [6, 6.07) is 5.06. The van der Waals surface area contributed by atoms with Gasteiger partial charge in [0, 0.05) is 30.1 Å². The van der Waals surface area contributed by atoms with Crippen LogP contribution in [0.3, 0.4) is 0 Å². The van der Waals surface area contributed by atoms with Crippen molar-refractivity contribution < 1.29 is 9.53 Å². The van der Waals surface area contributed by atoms with E-state index in [0.717, 1.165) is 31.8 Å². The number of carbonyl (C=O) groups excluding carboxylic acids is 1. The topological polar surface area (TPSA) is 41.6 Å². The molecule has 2 atom stereocenters. The van der Waals surface area contributed by atoms with Crippen LogP contribution in [0, 0.1) is 5.92 Å². The number of carbonyl (C=O) groups is 1. The molecule has 0 bridgehead atoms. The fourth-order valence-electron chi connectivity index (χ4n) is 3.27. The van der Waals surface area contributed by atoms with Gasteiger partial charge in [0.05, 0.1) is 0 Å². The van der Waals surface area contributed by atoms with Crippen LogP contribution in [0.2, 0.25) is 0 Å². The molecule has 1 saturated carbocycles. The van der Waals surface area contributed by atoms with Crippen LogP contribution in [0.5, 0.6) is 0 Å². The third-order valence-electron chi connectivity index (χ3n) is 4.52. The van der Waals surface area contributed by atoms with E-state index in [2.05, 4.69) is 22.8 Å². The predicted octanol–water partition coefficient (Wildman–Crippen LogP) is 4.19. The van der Waals surface area contributed by atoms with Gasteiger partial charge in [0.1, 0.15) is 5.60 Å². The van der Waals surface area contributed by atoms with E-state index in [1.54, 1.807) is 0 Å². The van der Waals surface area contributed by atoms with Gasteiger partial charge >= 0.3 is 6.09 Å². The first-order valence-electron chi connectivity index (χ1n) is 8.70. The van der Waals surface area contributed by atoms with Crippen LogP contribution in [0.15, 0.2) is 17.5 Å². The fraction of sp³-hybridized carbons (Fsp3) is 0.722. The SMILES string of the molecule is CC(C)(C)OC(=O)N1CCCC1CNC(c1cccs1)C1CC1. The van der Waals surface area contributed by atoms with Gasteiger partial charge in [-0.25, -0.2) is 4.79 Å². The minimum atomic E-state index is -0.425. The molecule has 4 nitrogen and oxygen atoms in total. The first-order chi connectivity index (χ1) is 10.9. The Labute approximate surface area is 143 Å². The van der Waals surface area contributed by atoms with Crippen LogP contribution in [-0.4, -0.2) is 35.7 Å². The van der Waals surface area contributed by atoms with Gasteiger partial charge in [-0.3, -0.25) is 0 Å². The molecule has 1 aliphatic heterocycles. The number of hydrogen-bond donors (Lipinski definition) is 1. The summed E-state index contributed by atoms with van der Waals surface area (Å²) in [5.41, 5.74) is -0.425. The molecule has 1 N–H and O–H groups in total. The molecule has 128 valence electrons. The number of amides is 1. The van der Waals surface area contributed by atoms with Gasteiger partial charge in [0.15, 0.2) is 0 Å². The molecule has 2 unspecified atom stereocenters. The lowest BCUT2D eigenvalue weighted by atomic mass is 10.1. The number of nitrogens with one attached hydrogen (secondary N) is 1. The molecule has 0 spiro atoms. The Morgan fingerprint density at radius 2 is 2.22 bits per heavy atom. The Kier molecular flexibility index (Phi) is 4.97. The monoisotopic (exact) mass is 336 g/mol. The highest BCUT2D eigenvalue weighted by molar-refractivity contribution is 7.10. The Morgan fingerprint density at radius 1 is 1.43 bits per heavy atom. The summed E-state index contributed by atoms with van der Waals surface area (Å²) in [6.45, 7) is 7.45. The van der Waals surface area contributed by atoms with Crippen LogP contribution >= 0.6 is 11.3 Å². The van der Waals surface area contributed by atoms with Crippen molar-refractivity contribution in [2.24, 2.45) is 5.92 Å². The van der Waals surface area contributed by atoms with Crippen LogP contribution < -0.4 is 5.32 Å². The summed E-state index contributed by atoms with van der Waals surface area (Å²) < 4.78 is 5.55. The number of hydrogen-bond acceptors (Lipinski definition) is 4. The van der Waals surface area contributed by atoms with Gasteiger partial charge in [-0.2, -0.15) is 0 Å². The van der Waals surface area contributed by atoms with E-state index in [-0.39, 0.29) is 12.1 Å². The number of nitrogens with zero attached hydrogens (tertiary/aromatic N) is 1. The highest BCUT2D eigenvalue weighted by atomic mass is 32.1. The maximum absolute atomic E-state index is 12.4. The lowest BCUT2D eigenvalue weighted by molar-refractivity contribution is 0.0224. The van der Waals surface area contributed by atoms with Crippen LogP contribution in [0.4, 0.5) is 4.79 Å². The summed E-state index contributed by atoms with van der Waals surface area (Å²) >= 11 is 1.83. The van der Waals surface area contributed by atoms with Crippen molar-refractivity contribution in [3.63, 3.8) is 0 Å². The molecule has 1 saturated heterocycles. The lowest BCUT2D eigenvalue weighted by Crippen LogP contribution is -2.44. The van der Waals surface area contributed by atoms with Crippen molar-refractivity contribution in [2.75, 3.05) is 13.1 Å². The molecule has 1 amide bonds. The third-order valence-corrected chi connectivity index (χ3v) is 5.48. The summed E-state index contributed by atoms with van der Waals surface area (Å²) in [4.78, 5) is 15.7. The average molecular weight is 337 g/mol. The van der Waals surface area contributed by atoms with Crippen molar-refractivity contribution in [3.8, 4) is 0 Å². The van der Waals surface area contributed by atoms with E-state index in [4.69, 9.17) is 4.74 Å². The summed E-state index contributed by atoms with van der Waals surface area (Å²) in [6.07, 6.45) is 4.60. The van der Waals surface area contributed by atoms with Crippen LogP contribution in [0.25, 0.3) is 0 Å². The molecule has 0 aromatic carbocycles. The Bertz CT molecular complexity index is 520. The van der Waals surface area contributed by atoms with Gasteiger partial charge in [0.2, 0.25) is 0 Å². The van der Waals surface area contributed by atoms with Crippen LogP contribution in [-0.2, 0) is 4.74 Å². The predicted molar refractivity (Wildman–Crippen MR) is 93.7 cm³/mol. The minimum absolute atomic E-state index is 0.166. The van der Waals surface area contributed by atoms with E-state index >= 15 is 0 Å². The molecular weight excluding hydrogens is 308 g/mol. The van der Waals surface area contributed by atoms with E-state index in [9.17, 15) is 4.79 Å². The smallest absolute Gasteiger partial charge is 0.410 e. The largest absolute Gasteiger partial charge is 0.444 e. The molecule has 5 heteroatoms. The first-order valence-corrected chi connectivity index (χ1v) is 9.58. The Balaban J connectivity index is 1.57. The number of thiophene rings is 1.